The summed E-state index contributed by atoms with van der Waals surface area (Å²) in [6, 6.07) is 20.9. The number of nitrogens with zero attached hydrogens (tertiary/aromatic N) is 1. The molecule has 0 aliphatic rings. The molecule has 0 aliphatic carbocycles. The van der Waals surface area contributed by atoms with E-state index in [1.165, 1.54) is 12.1 Å². The SMILES string of the molecule is CCOc1ccc(S(=O)(=O)N(CC(=O)N[C@H](C)c2ccc(C)cc2)c2ccc(C)cc2)cc1. The lowest BCUT2D eigenvalue weighted by Crippen LogP contribution is -2.41. The van der Waals surface area contributed by atoms with E-state index in [1.54, 1.807) is 24.3 Å². The van der Waals surface area contributed by atoms with Gasteiger partial charge in [-0.2, -0.15) is 0 Å². The minimum Gasteiger partial charge on any atom is -0.494 e. The maximum atomic E-state index is 13.5. The number of carbonyl (C=O) groups excluding carboxylic acids is 1. The van der Waals surface area contributed by atoms with Crippen molar-refractivity contribution >= 4 is 21.6 Å². The molecule has 3 rings (SSSR count). The molecule has 0 fully saturated rings. The fourth-order valence-corrected chi connectivity index (χ4v) is 4.80. The third-order valence-corrected chi connectivity index (χ3v) is 7.07. The first kappa shape index (κ1) is 24.3. The van der Waals surface area contributed by atoms with E-state index >= 15 is 0 Å². The summed E-state index contributed by atoms with van der Waals surface area (Å²) in [5.41, 5.74) is 3.50. The molecule has 0 radical (unpaired) electrons. The Bertz CT molecular complexity index is 1170. The van der Waals surface area contributed by atoms with E-state index in [0.29, 0.717) is 18.0 Å². The molecule has 33 heavy (non-hydrogen) atoms. The zero-order valence-electron chi connectivity index (χ0n) is 19.4. The van der Waals surface area contributed by atoms with Gasteiger partial charge in [-0.15, -0.1) is 0 Å². The van der Waals surface area contributed by atoms with Crippen molar-refractivity contribution in [2.45, 2.75) is 38.6 Å². The van der Waals surface area contributed by atoms with Crippen LogP contribution in [0.4, 0.5) is 5.69 Å². The van der Waals surface area contributed by atoms with Crippen LogP contribution >= 0.6 is 0 Å². The molecule has 3 aromatic rings. The largest absolute Gasteiger partial charge is 0.494 e. The number of sulfonamides is 1. The normalized spacial score (nSPS) is 12.1. The zero-order chi connectivity index (χ0) is 24.0. The monoisotopic (exact) mass is 466 g/mol. The summed E-state index contributed by atoms with van der Waals surface area (Å²) < 4.78 is 33.6. The number of aryl methyl sites for hydroxylation is 2. The lowest BCUT2D eigenvalue weighted by molar-refractivity contribution is -0.120. The number of hydrogen-bond acceptors (Lipinski definition) is 4. The van der Waals surface area contributed by atoms with Crippen molar-refractivity contribution in [1.29, 1.82) is 0 Å². The highest BCUT2D eigenvalue weighted by atomic mass is 32.2. The van der Waals surface area contributed by atoms with Gasteiger partial charge in [0.2, 0.25) is 5.91 Å². The number of carbonyl (C=O) groups is 1. The minimum absolute atomic E-state index is 0.0888. The molecule has 174 valence electrons. The average Bonchev–Trinajstić information content (AvgIpc) is 2.79. The van der Waals surface area contributed by atoms with Crippen LogP contribution in [0.3, 0.4) is 0 Å². The Morgan fingerprint density at radius 2 is 1.45 bits per heavy atom. The second-order valence-electron chi connectivity index (χ2n) is 7.95. The zero-order valence-corrected chi connectivity index (χ0v) is 20.2. The Balaban J connectivity index is 1.87. The number of ether oxygens (including phenoxy) is 1. The number of rotatable bonds is 9. The molecule has 0 saturated heterocycles. The van der Waals surface area contributed by atoms with Gasteiger partial charge in [0.25, 0.3) is 10.0 Å². The van der Waals surface area contributed by atoms with Crippen molar-refractivity contribution in [1.82, 2.24) is 5.32 Å². The number of anilines is 1. The summed E-state index contributed by atoms with van der Waals surface area (Å²) >= 11 is 0. The summed E-state index contributed by atoms with van der Waals surface area (Å²) in [7, 11) is -3.98. The lowest BCUT2D eigenvalue weighted by atomic mass is 10.1. The van der Waals surface area contributed by atoms with Gasteiger partial charge in [-0.3, -0.25) is 9.10 Å². The Kier molecular flexibility index (Phi) is 7.76. The molecule has 0 heterocycles. The van der Waals surface area contributed by atoms with Crippen molar-refractivity contribution in [3.05, 3.63) is 89.5 Å². The van der Waals surface area contributed by atoms with Gasteiger partial charge in [0.1, 0.15) is 12.3 Å². The van der Waals surface area contributed by atoms with Crippen LogP contribution in [-0.4, -0.2) is 27.5 Å². The Labute approximate surface area is 196 Å². The smallest absolute Gasteiger partial charge is 0.264 e. The fourth-order valence-electron chi connectivity index (χ4n) is 3.38. The van der Waals surface area contributed by atoms with Crippen LogP contribution in [-0.2, 0) is 14.8 Å². The second-order valence-corrected chi connectivity index (χ2v) is 9.81. The van der Waals surface area contributed by atoms with E-state index in [9.17, 15) is 13.2 Å². The van der Waals surface area contributed by atoms with Crippen molar-refractivity contribution in [2.75, 3.05) is 17.5 Å². The molecule has 1 N–H and O–H groups in total. The molecule has 1 amide bonds. The first-order chi connectivity index (χ1) is 15.7. The summed E-state index contributed by atoms with van der Waals surface area (Å²) in [5.74, 6) is 0.196. The number of nitrogens with one attached hydrogen (secondary N) is 1. The van der Waals surface area contributed by atoms with E-state index in [2.05, 4.69) is 5.32 Å². The molecule has 0 unspecified atom stereocenters. The first-order valence-electron chi connectivity index (χ1n) is 10.9. The number of amides is 1. The van der Waals surface area contributed by atoms with Crippen molar-refractivity contribution in [3.63, 3.8) is 0 Å². The molecule has 6 nitrogen and oxygen atoms in total. The van der Waals surface area contributed by atoms with Gasteiger partial charge in [-0.05, 0) is 69.7 Å². The third kappa shape index (κ3) is 6.14. The Morgan fingerprint density at radius 3 is 2.00 bits per heavy atom. The van der Waals surface area contributed by atoms with Gasteiger partial charge in [0.15, 0.2) is 0 Å². The van der Waals surface area contributed by atoms with E-state index in [4.69, 9.17) is 4.74 Å². The van der Waals surface area contributed by atoms with E-state index in [0.717, 1.165) is 21.0 Å². The minimum atomic E-state index is -3.98. The van der Waals surface area contributed by atoms with Gasteiger partial charge in [-0.25, -0.2) is 8.42 Å². The predicted molar refractivity (Wildman–Crippen MR) is 131 cm³/mol. The first-order valence-corrected chi connectivity index (χ1v) is 12.3. The lowest BCUT2D eigenvalue weighted by Gasteiger charge is -2.25. The molecule has 0 aliphatic heterocycles. The molecule has 3 aromatic carbocycles. The highest BCUT2D eigenvalue weighted by Gasteiger charge is 2.27. The molecule has 0 spiro atoms. The van der Waals surface area contributed by atoms with E-state index in [-0.39, 0.29) is 17.5 Å². The maximum Gasteiger partial charge on any atom is 0.264 e. The van der Waals surface area contributed by atoms with Crippen LogP contribution in [0.1, 0.15) is 36.6 Å². The quantitative estimate of drug-likeness (QED) is 0.493. The summed E-state index contributed by atoms with van der Waals surface area (Å²) in [6.45, 7) is 7.80. The molecule has 0 saturated carbocycles. The summed E-state index contributed by atoms with van der Waals surface area (Å²) in [4.78, 5) is 13.0. The van der Waals surface area contributed by atoms with Crippen LogP contribution in [0.2, 0.25) is 0 Å². The van der Waals surface area contributed by atoms with Gasteiger partial charge in [0.05, 0.1) is 23.2 Å². The van der Waals surface area contributed by atoms with Crippen LogP contribution in [0.25, 0.3) is 0 Å². The van der Waals surface area contributed by atoms with Crippen LogP contribution in [0, 0.1) is 13.8 Å². The average molecular weight is 467 g/mol. The molecule has 7 heteroatoms. The van der Waals surface area contributed by atoms with Crippen LogP contribution < -0.4 is 14.4 Å². The summed E-state index contributed by atoms with van der Waals surface area (Å²) in [6.07, 6.45) is 0. The molecule has 0 bridgehead atoms. The van der Waals surface area contributed by atoms with Gasteiger partial charge in [-0.1, -0.05) is 47.5 Å². The Hall–Kier alpha value is -3.32. The maximum absolute atomic E-state index is 13.5. The van der Waals surface area contributed by atoms with Crippen molar-refractivity contribution in [3.8, 4) is 5.75 Å². The number of benzene rings is 3. The van der Waals surface area contributed by atoms with E-state index in [1.807, 2.05) is 64.1 Å². The standard InChI is InChI=1S/C26H30N2O4S/c1-5-32-24-14-16-25(17-15-24)33(30,31)28(23-12-8-20(3)9-13-23)18-26(29)27-21(4)22-10-6-19(2)7-11-22/h6-17,21H,5,18H2,1-4H3,(H,27,29)/t21-/m1/s1. The summed E-state index contributed by atoms with van der Waals surface area (Å²) in [5, 5.41) is 2.91. The predicted octanol–water partition coefficient (Wildman–Crippen LogP) is 4.77. The molecule has 0 aromatic heterocycles. The van der Waals surface area contributed by atoms with E-state index < -0.39 is 15.9 Å². The van der Waals surface area contributed by atoms with Crippen LogP contribution in [0.15, 0.2) is 77.7 Å². The number of hydrogen-bond donors (Lipinski definition) is 1. The molecular weight excluding hydrogens is 436 g/mol. The topological polar surface area (TPSA) is 75.7 Å². The highest BCUT2D eigenvalue weighted by molar-refractivity contribution is 7.92. The molecule has 1 atom stereocenters. The van der Waals surface area contributed by atoms with Gasteiger partial charge >= 0.3 is 0 Å². The van der Waals surface area contributed by atoms with Gasteiger partial charge in [0, 0.05) is 0 Å². The van der Waals surface area contributed by atoms with Gasteiger partial charge < -0.3 is 10.1 Å². The molecular formula is C26H30N2O4S. The second kappa shape index (κ2) is 10.5. The van der Waals surface area contributed by atoms with Crippen molar-refractivity contribution < 1.29 is 17.9 Å². The highest BCUT2D eigenvalue weighted by Crippen LogP contribution is 2.26. The third-order valence-electron chi connectivity index (χ3n) is 5.29. The Morgan fingerprint density at radius 1 is 0.909 bits per heavy atom. The fraction of sp³-hybridized carbons (Fsp3) is 0.269. The van der Waals surface area contributed by atoms with Crippen LogP contribution in [0.5, 0.6) is 5.75 Å². The van der Waals surface area contributed by atoms with Crippen molar-refractivity contribution in [2.24, 2.45) is 0 Å².